The number of fused-ring (bicyclic) bond motifs is 1. The van der Waals surface area contributed by atoms with Gasteiger partial charge in [-0.2, -0.15) is 0 Å². The van der Waals surface area contributed by atoms with E-state index < -0.39 is 0 Å². The number of hydrogen-bond acceptors (Lipinski definition) is 4. The van der Waals surface area contributed by atoms with Crippen molar-refractivity contribution >= 4 is 16.7 Å². The van der Waals surface area contributed by atoms with Gasteiger partial charge in [0, 0.05) is 18.0 Å². The largest absolute Gasteiger partial charge is 0.497 e. The fraction of sp³-hybridized carbons (Fsp3) is 0.263. The fourth-order valence-electron chi connectivity index (χ4n) is 2.91. The number of aromatic nitrogens is 2. The van der Waals surface area contributed by atoms with Crippen molar-refractivity contribution in [1.82, 2.24) is 9.97 Å². The predicted octanol–water partition coefficient (Wildman–Crippen LogP) is 3.81. The SMILES string of the molecule is COc1ccc(CN(c2ncnc3ccccc23)C2CC2)cc1. The highest BCUT2D eigenvalue weighted by Gasteiger charge is 2.31. The van der Waals surface area contributed by atoms with Gasteiger partial charge in [0.1, 0.15) is 17.9 Å². The van der Waals surface area contributed by atoms with Gasteiger partial charge in [-0.05, 0) is 42.7 Å². The Labute approximate surface area is 135 Å². The van der Waals surface area contributed by atoms with E-state index >= 15 is 0 Å². The van der Waals surface area contributed by atoms with Gasteiger partial charge >= 0.3 is 0 Å². The van der Waals surface area contributed by atoms with Crippen LogP contribution in [-0.2, 0) is 6.54 Å². The van der Waals surface area contributed by atoms with Crippen LogP contribution in [0.4, 0.5) is 5.82 Å². The summed E-state index contributed by atoms with van der Waals surface area (Å²) in [5, 5.41) is 1.12. The molecule has 1 aliphatic carbocycles. The number of anilines is 1. The molecule has 4 rings (SSSR count). The molecule has 4 heteroatoms. The van der Waals surface area contributed by atoms with E-state index in [-0.39, 0.29) is 0 Å². The van der Waals surface area contributed by atoms with Gasteiger partial charge in [-0.25, -0.2) is 9.97 Å². The van der Waals surface area contributed by atoms with E-state index in [4.69, 9.17) is 4.74 Å². The van der Waals surface area contributed by atoms with Gasteiger partial charge in [-0.1, -0.05) is 24.3 Å². The van der Waals surface area contributed by atoms with Gasteiger partial charge in [-0.15, -0.1) is 0 Å². The maximum atomic E-state index is 5.24. The normalized spacial score (nSPS) is 14.0. The summed E-state index contributed by atoms with van der Waals surface area (Å²) in [7, 11) is 1.69. The fourth-order valence-corrected chi connectivity index (χ4v) is 2.91. The zero-order valence-electron chi connectivity index (χ0n) is 13.1. The molecule has 23 heavy (non-hydrogen) atoms. The summed E-state index contributed by atoms with van der Waals surface area (Å²) in [6, 6.07) is 17.1. The summed E-state index contributed by atoms with van der Waals surface area (Å²) in [5.41, 5.74) is 2.26. The highest BCUT2D eigenvalue weighted by molar-refractivity contribution is 5.89. The number of nitrogens with zero attached hydrogens (tertiary/aromatic N) is 3. The average molecular weight is 305 g/mol. The van der Waals surface area contributed by atoms with Crippen LogP contribution < -0.4 is 9.64 Å². The van der Waals surface area contributed by atoms with Crippen LogP contribution in [0.25, 0.3) is 10.9 Å². The highest BCUT2D eigenvalue weighted by Crippen LogP contribution is 2.35. The molecule has 0 bridgehead atoms. The van der Waals surface area contributed by atoms with E-state index in [1.165, 1.54) is 18.4 Å². The molecule has 0 aliphatic heterocycles. The molecule has 0 saturated heterocycles. The van der Waals surface area contributed by atoms with Crippen molar-refractivity contribution in [2.45, 2.75) is 25.4 Å². The molecule has 0 amide bonds. The molecule has 1 saturated carbocycles. The molecule has 3 aromatic rings. The first kappa shape index (κ1) is 14.0. The lowest BCUT2D eigenvalue weighted by atomic mass is 10.1. The van der Waals surface area contributed by atoms with Gasteiger partial charge in [-0.3, -0.25) is 0 Å². The molecule has 4 nitrogen and oxygen atoms in total. The average Bonchev–Trinajstić information content (AvgIpc) is 3.45. The van der Waals surface area contributed by atoms with Crippen LogP contribution >= 0.6 is 0 Å². The van der Waals surface area contributed by atoms with Crippen LogP contribution in [0.1, 0.15) is 18.4 Å². The summed E-state index contributed by atoms with van der Waals surface area (Å²) in [5.74, 6) is 1.92. The smallest absolute Gasteiger partial charge is 0.140 e. The Hall–Kier alpha value is -2.62. The van der Waals surface area contributed by atoms with Crippen molar-refractivity contribution in [3.63, 3.8) is 0 Å². The van der Waals surface area contributed by atoms with Crippen molar-refractivity contribution in [2.24, 2.45) is 0 Å². The minimum absolute atomic E-state index is 0.579. The van der Waals surface area contributed by atoms with Crippen LogP contribution in [0.15, 0.2) is 54.9 Å². The first-order chi connectivity index (χ1) is 11.3. The summed E-state index contributed by atoms with van der Waals surface area (Å²) in [6.07, 6.45) is 4.13. The van der Waals surface area contributed by atoms with E-state index in [9.17, 15) is 0 Å². The first-order valence-electron chi connectivity index (χ1n) is 7.94. The zero-order chi connectivity index (χ0) is 15.6. The molecule has 2 aromatic carbocycles. The Morgan fingerprint density at radius 2 is 1.83 bits per heavy atom. The van der Waals surface area contributed by atoms with Crippen molar-refractivity contribution < 1.29 is 4.74 Å². The number of para-hydroxylation sites is 1. The third-order valence-electron chi connectivity index (χ3n) is 4.29. The lowest BCUT2D eigenvalue weighted by Crippen LogP contribution is -2.26. The Balaban J connectivity index is 1.69. The molecular formula is C19H19N3O. The van der Waals surface area contributed by atoms with Crippen LogP contribution in [0.3, 0.4) is 0 Å². The van der Waals surface area contributed by atoms with Crippen LogP contribution in [0, 0.1) is 0 Å². The zero-order valence-corrected chi connectivity index (χ0v) is 13.1. The third kappa shape index (κ3) is 2.84. The molecule has 1 aromatic heterocycles. The van der Waals surface area contributed by atoms with E-state index in [0.29, 0.717) is 6.04 Å². The molecule has 1 fully saturated rings. The Morgan fingerprint density at radius 3 is 2.57 bits per heavy atom. The number of ether oxygens (including phenoxy) is 1. The van der Waals surface area contributed by atoms with Gasteiger partial charge in [0.25, 0.3) is 0 Å². The molecule has 0 spiro atoms. The second kappa shape index (κ2) is 5.88. The van der Waals surface area contributed by atoms with Gasteiger partial charge in [0.05, 0.1) is 12.6 Å². The molecule has 1 aliphatic rings. The summed E-state index contributed by atoms with van der Waals surface area (Å²) < 4.78 is 5.24. The van der Waals surface area contributed by atoms with E-state index in [1.807, 2.05) is 30.3 Å². The molecule has 1 heterocycles. The summed E-state index contributed by atoms with van der Waals surface area (Å²) in [4.78, 5) is 11.4. The number of methoxy groups -OCH3 is 1. The molecule has 116 valence electrons. The maximum absolute atomic E-state index is 5.24. The Bertz CT molecular complexity index is 807. The van der Waals surface area contributed by atoms with E-state index in [1.54, 1.807) is 13.4 Å². The molecule has 0 N–H and O–H groups in total. The summed E-state index contributed by atoms with van der Waals surface area (Å²) in [6.45, 7) is 0.857. The predicted molar refractivity (Wildman–Crippen MR) is 91.7 cm³/mol. The van der Waals surface area contributed by atoms with Crippen LogP contribution in [0.5, 0.6) is 5.75 Å². The van der Waals surface area contributed by atoms with E-state index in [2.05, 4.69) is 33.1 Å². The van der Waals surface area contributed by atoms with Crippen molar-refractivity contribution in [2.75, 3.05) is 12.0 Å². The minimum atomic E-state index is 0.579. The lowest BCUT2D eigenvalue weighted by Gasteiger charge is -2.24. The molecule has 0 unspecified atom stereocenters. The maximum Gasteiger partial charge on any atom is 0.140 e. The monoisotopic (exact) mass is 305 g/mol. The second-order valence-corrected chi connectivity index (χ2v) is 5.92. The minimum Gasteiger partial charge on any atom is -0.497 e. The van der Waals surface area contributed by atoms with Crippen LogP contribution in [0.2, 0.25) is 0 Å². The number of hydrogen-bond donors (Lipinski definition) is 0. The Morgan fingerprint density at radius 1 is 1.04 bits per heavy atom. The quantitative estimate of drug-likeness (QED) is 0.718. The van der Waals surface area contributed by atoms with Gasteiger partial charge in [0.15, 0.2) is 0 Å². The number of benzene rings is 2. The van der Waals surface area contributed by atoms with Crippen molar-refractivity contribution in [3.8, 4) is 5.75 Å². The standard InChI is InChI=1S/C19H19N3O/c1-23-16-10-6-14(7-11-16)12-22(15-8-9-15)19-17-4-2-3-5-18(17)20-13-21-19/h2-7,10-11,13,15H,8-9,12H2,1H3. The van der Waals surface area contributed by atoms with E-state index in [0.717, 1.165) is 29.0 Å². The lowest BCUT2D eigenvalue weighted by molar-refractivity contribution is 0.414. The molecular weight excluding hydrogens is 286 g/mol. The Kier molecular flexibility index (Phi) is 3.58. The molecule has 0 atom stereocenters. The highest BCUT2D eigenvalue weighted by atomic mass is 16.5. The summed E-state index contributed by atoms with van der Waals surface area (Å²) >= 11 is 0. The van der Waals surface area contributed by atoms with Crippen LogP contribution in [-0.4, -0.2) is 23.1 Å². The first-order valence-corrected chi connectivity index (χ1v) is 7.94. The van der Waals surface area contributed by atoms with Crippen molar-refractivity contribution in [3.05, 3.63) is 60.4 Å². The molecule has 0 radical (unpaired) electrons. The third-order valence-corrected chi connectivity index (χ3v) is 4.29. The second-order valence-electron chi connectivity index (χ2n) is 5.92. The van der Waals surface area contributed by atoms with Gasteiger partial charge in [0.2, 0.25) is 0 Å². The topological polar surface area (TPSA) is 38.2 Å². The van der Waals surface area contributed by atoms with Gasteiger partial charge < -0.3 is 9.64 Å². The van der Waals surface area contributed by atoms with Crippen molar-refractivity contribution in [1.29, 1.82) is 0 Å². The number of rotatable bonds is 5.